The lowest BCUT2D eigenvalue weighted by atomic mass is 9.82. The Kier molecular flexibility index (Phi) is 3.97. The molecule has 19 heavy (non-hydrogen) atoms. The molecule has 0 bridgehead atoms. The van der Waals surface area contributed by atoms with Crippen molar-refractivity contribution in [1.29, 1.82) is 0 Å². The Morgan fingerprint density at radius 3 is 2.42 bits per heavy atom. The van der Waals surface area contributed by atoms with Crippen LogP contribution in [0.5, 0.6) is 0 Å². The fourth-order valence-electron chi connectivity index (χ4n) is 1.77. The monoisotopic (exact) mass is 262 g/mol. The van der Waals surface area contributed by atoms with Crippen LogP contribution < -0.4 is 10.6 Å². The molecule has 4 nitrogen and oxygen atoms in total. The van der Waals surface area contributed by atoms with Crippen LogP contribution in [-0.2, 0) is 0 Å². The van der Waals surface area contributed by atoms with Crippen LogP contribution in [0.1, 0.15) is 52.3 Å². The average Bonchev–Trinajstić information content (AvgIpc) is 3.18. The molecule has 106 valence electrons. The molecule has 0 aliphatic heterocycles. The molecule has 1 aliphatic carbocycles. The largest absolute Gasteiger partial charge is 0.373 e. The van der Waals surface area contributed by atoms with Crippen LogP contribution in [0.2, 0.25) is 0 Å². The Labute approximate surface area is 116 Å². The third kappa shape index (κ3) is 3.82. The van der Waals surface area contributed by atoms with E-state index in [0.29, 0.717) is 17.3 Å². The summed E-state index contributed by atoms with van der Waals surface area (Å²) in [5.41, 5.74) is 0.311. The third-order valence-corrected chi connectivity index (χ3v) is 4.01. The van der Waals surface area contributed by atoms with E-state index in [4.69, 9.17) is 0 Å². The van der Waals surface area contributed by atoms with E-state index >= 15 is 0 Å². The van der Waals surface area contributed by atoms with Crippen LogP contribution in [0.15, 0.2) is 6.07 Å². The zero-order chi connectivity index (χ0) is 14.0. The number of hydrogen-bond acceptors (Lipinski definition) is 4. The molecule has 1 fully saturated rings. The Morgan fingerprint density at radius 1 is 1.26 bits per heavy atom. The van der Waals surface area contributed by atoms with Gasteiger partial charge in [0.05, 0.1) is 0 Å². The van der Waals surface area contributed by atoms with Crippen LogP contribution in [-0.4, -0.2) is 23.6 Å². The Bertz CT molecular complexity index is 432. The van der Waals surface area contributed by atoms with Gasteiger partial charge in [0.15, 0.2) is 0 Å². The standard InChI is InChI=1S/C15H26N4/c1-10(15(2,3)4)9-17-13-8-12(16-5)18-14(19-13)11-6-7-11/h8,10-11H,6-7,9H2,1-5H3,(H2,16,17,18,19). The summed E-state index contributed by atoms with van der Waals surface area (Å²) in [7, 11) is 1.90. The summed E-state index contributed by atoms with van der Waals surface area (Å²) in [6, 6.07) is 1.99. The first-order valence-corrected chi connectivity index (χ1v) is 7.20. The van der Waals surface area contributed by atoms with Gasteiger partial charge >= 0.3 is 0 Å². The molecule has 1 aromatic rings. The van der Waals surface area contributed by atoms with Crippen molar-refractivity contribution < 1.29 is 0 Å². The molecule has 0 amide bonds. The van der Waals surface area contributed by atoms with E-state index in [-0.39, 0.29) is 0 Å². The molecule has 0 radical (unpaired) electrons. The molecule has 0 spiro atoms. The molecule has 2 N–H and O–H groups in total. The fraction of sp³-hybridized carbons (Fsp3) is 0.733. The average molecular weight is 262 g/mol. The first-order valence-electron chi connectivity index (χ1n) is 7.20. The Balaban J connectivity index is 2.05. The van der Waals surface area contributed by atoms with Crippen molar-refractivity contribution >= 4 is 11.6 Å². The van der Waals surface area contributed by atoms with E-state index in [0.717, 1.165) is 24.0 Å². The van der Waals surface area contributed by atoms with E-state index in [1.54, 1.807) is 0 Å². The third-order valence-electron chi connectivity index (χ3n) is 4.01. The fourth-order valence-corrected chi connectivity index (χ4v) is 1.77. The molecule has 2 rings (SSSR count). The minimum atomic E-state index is 0.311. The minimum absolute atomic E-state index is 0.311. The lowest BCUT2D eigenvalue weighted by Crippen LogP contribution is -2.25. The summed E-state index contributed by atoms with van der Waals surface area (Å²) in [4.78, 5) is 9.16. The molecule has 1 aromatic heterocycles. The predicted octanol–water partition coefficient (Wildman–Crippen LogP) is 3.49. The molecule has 4 heteroatoms. The van der Waals surface area contributed by atoms with Crippen LogP contribution in [0.3, 0.4) is 0 Å². The Morgan fingerprint density at radius 2 is 1.89 bits per heavy atom. The maximum absolute atomic E-state index is 4.64. The summed E-state index contributed by atoms with van der Waals surface area (Å²) in [5, 5.41) is 6.57. The topological polar surface area (TPSA) is 49.8 Å². The van der Waals surface area contributed by atoms with Crippen molar-refractivity contribution in [2.45, 2.75) is 46.5 Å². The van der Waals surface area contributed by atoms with E-state index < -0.39 is 0 Å². The number of rotatable bonds is 5. The van der Waals surface area contributed by atoms with Crippen LogP contribution in [0.4, 0.5) is 11.6 Å². The molecular formula is C15H26N4. The Hall–Kier alpha value is -1.32. The van der Waals surface area contributed by atoms with Crippen LogP contribution in [0, 0.1) is 11.3 Å². The van der Waals surface area contributed by atoms with E-state index in [9.17, 15) is 0 Å². The van der Waals surface area contributed by atoms with E-state index in [1.807, 2.05) is 13.1 Å². The summed E-state index contributed by atoms with van der Waals surface area (Å²) in [6.07, 6.45) is 2.45. The maximum atomic E-state index is 4.64. The minimum Gasteiger partial charge on any atom is -0.373 e. The van der Waals surface area contributed by atoms with Crippen molar-refractivity contribution in [3.8, 4) is 0 Å². The first-order chi connectivity index (χ1) is 8.90. The van der Waals surface area contributed by atoms with Crippen molar-refractivity contribution in [1.82, 2.24) is 9.97 Å². The van der Waals surface area contributed by atoms with Crippen LogP contribution >= 0.6 is 0 Å². The first kappa shape index (κ1) is 14.1. The summed E-state index contributed by atoms with van der Waals surface area (Å²) < 4.78 is 0. The highest BCUT2D eigenvalue weighted by Gasteiger charge is 2.27. The van der Waals surface area contributed by atoms with Gasteiger partial charge in [-0.2, -0.15) is 0 Å². The zero-order valence-corrected chi connectivity index (χ0v) is 12.7. The van der Waals surface area contributed by atoms with E-state index in [1.165, 1.54) is 12.8 Å². The van der Waals surface area contributed by atoms with E-state index in [2.05, 4.69) is 48.3 Å². The zero-order valence-electron chi connectivity index (χ0n) is 12.7. The van der Waals surface area contributed by atoms with Gasteiger partial charge in [-0.3, -0.25) is 0 Å². The van der Waals surface area contributed by atoms with Crippen molar-refractivity contribution in [3.63, 3.8) is 0 Å². The van der Waals surface area contributed by atoms with Gasteiger partial charge in [0.25, 0.3) is 0 Å². The molecule has 1 saturated carbocycles. The number of aromatic nitrogens is 2. The second-order valence-electron chi connectivity index (χ2n) is 6.67. The highest BCUT2D eigenvalue weighted by Crippen LogP contribution is 2.38. The van der Waals surface area contributed by atoms with Gasteiger partial charge < -0.3 is 10.6 Å². The molecular weight excluding hydrogens is 236 g/mol. The van der Waals surface area contributed by atoms with Gasteiger partial charge in [-0.15, -0.1) is 0 Å². The van der Waals surface area contributed by atoms with Gasteiger partial charge in [-0.25, -0.2) is 9.97 Å². The van der Waals surface area contributed by atoms with Crippen molar-refractivity contribution in [2.75, 3.05) is 24.2 Å². The smallest absolute Gasteiger partial charge is 0.136 e. The molecule has 0 aromatic carbocycles. The lowest BCUT2D eigenvalue weighted by Gasteiger charge is -2.27. The second kappa shape index (κ2) is 5.35. The molecule has 1 atom stereocenters. The SMILES string of the molecule is CNc1cc(NCC(C)C(C)(C)C)nc(C2CC2)n1. The summed E-state index contributed by atoms with van der Waals surface area (Å²) in [5.74, 6) is 4.00. The lowest BCUT2D eigenvalue weighted by molar-refractivity contribution is 0.274. The normalized spacial score (nSPS) is 17.1. The van der Waals surface area contributed by atoms with Gasteiger partial charge in [-0.05, 0) is 24.2 Å². The van der Waals surface area contributed by atoms with Gasteiger partial charge in [0.1, 0.15) is 17.5 Å². The highest BCUT2D eigenvalue weighted by atomic mass is 15.1. The summed E-state index contributed by atoms with van der Waals surface area (Å²) in [6.45, 7) is 10.0. The van der Waals surface area contributed by atoms with Crippen molar-refractivity contribution in [3.05, 3.63) is 11.9 Å². The second-order valence-corrected chi connectivity index (χ2v) is 6.67. The molecule has 1 heterocycles. The number of nitrogens with one attached hydrogen (secondary N) is 2. The molecule has 1 aliphatic rings. The quantitative estimate of drug-likeness (QED) is 0.853. The number of nitrogens with zero attached hydrogens (tertiary/aromatic N) is 2. The summed E-state index contributed by atoms with van der Waals surface area (Å²) >= 11 is 0. The van der Waals surface area contributed by atoms with Crippen molar-refractivity contribution in [2.24, 2.45) is 11.3 Å². The van der Waals surface area contributed by atoms with Gasteiger partial charge in [-0.1, -0.05) is 27.7 Å². The maximum Gasteiger partial charge on any atom is 0.136 e. The molecule has 1 unspecified atom stereocenters. The van der Waals surface area contributed by atoms with Gasteiger partial charge in [0.2, 0.25) is 0 Å². The molecule has 0 saturated heterocycles. The predicted molar refractivity (Wildman–Crippen MR) is 80.7 cm³/mol. The van der Waals surface area contributed by atoms with Crippen LogP contribution in [0.25, 0.3) is 0 Å². The van der Waals surface area contributed by atoms with Gasteiger partial charge in [0, 0.05) is 25.6 Å². The number of hydrogen-bond donors (Lipinski definition) is 2. The number of anilines is 2. The highest BCUT2D eigenvalue weighted by molar-refractivity contribution is 5.47.